The largest absolute Gasteiger partial charge is 0.481 e. The summed E-state index contributed by atoms with van der Waals surface area (Å²) in [6.07, 6.45) is 0.164. The minimum Gasteiger partial charge on any atom is -0.481 e. The molecule has 1 aromatic heterocycles. The summed E-state index contributed by atoms with van der Waals surface area (Å²) in [6.45, 7) is 3.06. The zero-order valence-electron chi connectivity index (χ0n) is 10.2. The highest BCUT2D eigenvalue weighted by Gasteiger charge is 2.28. The van der Waals surface area contributed by atoms with Crippen molar-refractivity contribution >= 4 is 50.5 Å². The highest BCUT2D eigenvalue weighted by atomic mass is 35.5. The molecule has 0 radical (unpaired) electrons. The lowest BCUT2D eigenvalue weighted by Gasteiger charge is -2.18. The van der Waals surface area contributed by atoms with Gasteiger partial charge in [0.05, 0.1) is 9.75 Å². The molecule has 0 unspecified atom stereocenters. The van der Waals surface area contributed by atoms with E-state index in [4.69, 9.17) is 28.3 Å². The number of thiophene rings is 1. The predicted octanol–water partition coefficient (Wildman–Crippen LogP) is 2.83. The van der Waals surface area contributed by atoms with Crippen molar-refractivity contribution in [2.45, 2.75) is 25.2 Å². The Kier molecular flexibility index (Phi) is 5.25. The van der Waals surface area contributed by atoms with Gasteiger partial charge in [-0.25, -0.2) is 13.1 Å². The topological polar surface area (TPSA) is 83.5 Å². The number of carboxylic acid groups (broad SMARTS) is 1. The van der Waals surface area contributed by atoms with Crippen molar-refractivity contribution in [3.05, 3.63) is 14.7 Å². The second-order valence-electron chi connectivity index (χ2n) is 4.53. The van der Waals surface area contributed by atoms with E-state index < -0.39 is 21.4 Å². The first-order valence-corrected chi connectivity index (χ1v) is 8.30. The van der Waals surface area contributed by atoms with Gasteiger partial charge in [-0.1, -0.05) is 23.2 Å². The van der Waals surface area contributed by atoms with E-state index in [9.17, 15) is 13.2 Å². The number of halogens is 2. The number of hydrogen-bond acceptors (Lipinski definition) is 4. The minimum absolute atomic E-state index is 0.00538. The average molecular weight is 346 g/mol. The Morgan fingerprint density at radius 2 is 2.05 bits per heavy atom. The summed E-state index contributed by atoms with van der Waals surface area (Å²) < 4.78 is 26.5. The van der Waals surface area contributed by atoms with Gasteiger partial charge in [0.1, 0.15) is 9.23 Å². The zero-order chi connectivity index (χ0) is 14.8. The second-order valence-corrected chi connectivity index (χ2v) is 8.55. The third-order valence-corrected chi connectivity index (χ3v) is 5.75. The van der Waals surface area contributed by atoms with Crippen molar-refractivity contribution in [3.8, 4) is 0 Å². The summed E-state index contributed by atoms with van der Waals surface area (Å²) in [5.41, 5.74) is -1.00. The van der Waals surface area contributed by atoms with E-state index in [0.717, 1.165) is 11.3 Å². The van der Waals surface area contributed by atoms with Gasteiger partial charge in [0.25, 0.3) is 0 Å². The second kappa shape index (κ2) is 5.97. The Morgan fingerprint density at radius 3 is 2.47 bits per heavy atom. The number of carboxylic acids is 1. The van der Waals surface area contributed by atoms with Crippen LogP contribution in [0.1, 0.15) is 20.3 Å². The fraction of sp³-hybridized carbons (Fsp3) is 0.500. The van der Waals surface area contributed by atoms with Crippen LogP contribution < -0.4 is 4.72 Å². The van der Waals surface area contributed by atoms with Gasteiger partial charge in [0.2, 0.25) is 10.0 Å². The first-order chi connectivity index (χ1) is 8.56. The molecule has 1 rings (SSSR count). The highest BCUT2D eigenvalue weighted by Crippen LogP contribution is 2.34. The lowest BCUT2D eigenvalue weighted by Crippen LogP contribution is -2.31. The molecule has 2 N–H and O–H groups in total. The van der Waals surface area contributed by atoms with Gasteiger partial charge in [-0.2, -0.15) is 0 Å². The van der Waals surface area contributed by atoms with Crippen molar-refractivity contribution in [1.82, 2.24) is 4.72 Å². The minimum atomic E-state index is -3.77. The van der Waals surface area contributed by atoms with E-state index in [-0.39, 0.29) is 26.5 Å². The van der Waals surface area contributed by atoms with Gasteiger partial charge < -0.3 is 5.11 Å². The lowest BCUT2D eigenvalue weighted by molar-refractivity contribution is -0.147. The van der Waals surface area contributed by atoms with Crippen molar-refractivity contribution in [2.75, 3.05) is 6.54 Å². The number of aliphatic carboxylic acids is 1. The number of nitrogens with one attached hydrogen (secondary N) is 1. The smallest absolute Gasteiger partial charge is 0.309 e. The van der Waals surface area contributed by atoms with Crippen LogP contribution in [0.2, 0.25) is 8.67 Å². The van der Waals surface area contributed by atoms with Crippen LogP contribution >= 0.6 is 34.5 Å². The number of carbonyl (C=O) groups is 1. The fourth-order valence-corrected chi connectivity index (χ4v) is 4.37. The van der Waals surface area contributed by atoms with Gasteiger partial charge in [0.15, 0.2) is 0 Å². The van der Waals surface area contributed by atoms with Crippen molar-refractivity contribution < 1.29 is 18.3 Å². The summed E-state index contributed by atoms with van der Waals surface area (Å²) in [7, 11) is -3.77. The molecule has 0 bridgehead atoms. The lowest BCUT2D eigenvalue weighted by atomic mass is 9.90. The third-order valence-electron chi connectivity index (χ3n) is 2.54. The predicted molar refractivity (Wildman–Crippen MR) is 75.6 cm³/mol. The molecule has 108 valence electrons. The van der Waals surface area contributed by atoms with Crippen LogP contribution in [0.15, 0.2) is 11.0 Å². The van der Waals surface area contributed by atoms with Gasteiger partial charge in [-0.15, -0.1) is 11.3 Å². The van der Waals surface area contributed by atoms with Crippen LogP contribution in [0.25, 0.3) is 0 Å². The van der Waals surface area contributed by atoms with Gasteiger partial charge in [0, 0.05) is 6.54 Å². The number of rotatable bonds is 6. The van der Waals surface area contributed by atoms with Crippen molar-refractivity contribution in [1.29, 1.82) is 0 Å². The van der Waals surface area contributed by atoms with E-state index in [1.165, 1.54) is 19.9 Å². The van der Waals surface area contributed by atoms with Gasteiger partial charge >= 0.3 is 5.97 Å². The molecule has 5 nitrogen and oxygen atoms in total. The van der Waals surface area contributed by atoms with Gasteiger partial charge in [-0.05, 0) is 26.3 Å². The summed E-state index contributed by atoms with van der Waals surface area (Å²) in [5.74, 6) is -0.983. The summed E-state index contributed by atoms with van der Waals surface area (Å²) in [4.78, 5) is 10.8. The molecule has 0 spiro atoms. The zero-order valence-corrected chi connectivity index (χ0v) is 13.4. The molecule has 0 saturated heterocycles. The molecule has 0 atom stereocenters. The molecule has 0 fully saturated rings. The average Bonchev–Trinajstić information content (AvgIpc) is 2.57. The molecular weight excluding hydrogens is 333 g/mol. The quantitative estimate of drug-likeness (QED) is 0.830. The Bertz CT molecular complexity index is 580. The normalized spacial score (nSPS) is 12.6. The van der Waals surface area contributed by atoms with Crippen molar-refractivity contribution in [3.63, 3.8) is 0 Å². The molecule has 1 aromatic rings. The summed E-state index contributed by atoms with van der Waals surface area (Å²) >= 11 is 12.4. The fourth-order valence-electron chi connectivity index (χ4n) is 1.19. The van der Waals surface area contributed by atoms with Crippen molar-refractivity contribution in [2.24, 2.45) is 5.41 Å². The molecule has 1 heterocycles. The molecule has 0 aliphatic heterocycles. The Hall–Kier alpha value is -0.340. The SMILES string of the molecule is CC(C)(CCNS(=O)(=O)c1cc(Cl)sc1Cl)C(=O)O. The molecule has 0 amide bonds. The standard InChI is InChI=1S/C10H13Cl2NO4S2/c1-10(2,9(14)15)3-4-13-19(16,17)6-5-7(11)18-8(6)12/h5,13H,3-4H2,1-2H3,(H,14,15). The Labute approximate surface area is 125 Å². The van der Waals surface area contributed by atoms with Gasteiger partial charge in [-0.3, -0.25) is 4.79 Å². The van der Waals surface area contributed by atoms with Crippen LogP contribution in [0.5, 0.6) is 0 Å². The third kappa shape index (κ3) is 4.32. The monoisotopic (exact) mass is 345 g/mol. The van der Waals surface area contributed by atoms with E-state index in [1.54, 1.807) is 0 Å². The maximum Gasteiger partial charge on any atom is 0.309 e. The van der Waals surface area contributed by atoms with Crippen LogP contribution in [-0.2, 0) is 14.8 Å². The van der Waals surface area contributed by atoms with E-state index in [2.05, 4.69) is 4.72 Å². The van der Waals surface area contributed by atoms with E-state index in [0.29, 0.717) is 0 Å². The van der Waals surface area contributed by atoms with Crippen LogP contribution in [0, 0.1) is 5.41 Å². The first-order valence-electron chi connectivity index (χ1n) is 5.24. The summed E-state index contributed by atoms with van der Waals surface area (Å²) in [6, 6.07) is 1.26. The maximum atomic E-state index is 11.9. The number of hydrogen-bond donors (Lipinski definition) is 2. The number of sulfonamides is 1. The first kappa shape index (κ1) is 16.7. The Balaban J connectivity index is 2.73. The molecule has 9 heteroatoms. The Morgan fingerprint density at radius 1 is 1.47 bits per heavy atom. The molecule has 0 aliphatic rings. The maximum absolute atomic E-state index is 11.9. The van der Waals surface area contributed by atoms with E-state index >= 15 is 0 Å². The van der Waals surface area contributed by atoms with Crippen LogP contribution in [0.3, 0.4) is 0 Å². The van der Waals surface area contributed by atoms with Crippen LogP contribution in [0.4, 0.5) is 0 Å². The molecule has 19 heavy (non-hydrogen) atoms. The molecule has 0 saturated carbocycles. The van der Waals surface area contributed by atoms with E-state index in [1.807, 2.05) is 0 Å². The summed E-state index contributed by atoms with van der Waals surface area (Å²) in [5, 5.41) is 8.92. The molecule has 0 aromatic carbocycles. The molecule has 0 aliphatic carbocycles. The highest BCUT2D eigenvalue weighted by molar-refractivity contribution is 7.89. The molecular formula is C10H13Cl2NO4S2. The van der Waals surface area contributed by atoms with Crippen LogP contribution in [-0.4, -0.2) is 26.0 Å².